The molecular weight excluding hydrogens is 270 g/mol. The zero-order chi connectivity index (χ0) is 14.4. The predicted molar refractivity (Wildman–Crippen MR) is 85.6 cm³/mol. The summed E-state index contributed by atoms with van der Waals surface area (Å²) in [6.45, 7) is 8.71. The van der Waals surface area contributed by atoms with Gasteiger partial charge in [0.1, 0.15) is 0 Å². The molecular formula is C15H25N3OS. The van der Waals surface area contributed by atoms with Crippen LogP contribution in [0.1, 0.15) is 18.7 Å². The summed E-state index contributed by atoms with van der Waals surface area (Å²) in [7, 11) is 2.11. The van der Waals surface area contributed by atoms with E-state index >= 15 is 0 Å². The minimum Gasteiger partial charge on any atom is -0.380 e. The first kappa shape index (κ1) is 15.3. The summed E-state index contributed by atoms with van der Waals surface area (Å²) >= 11 is 1.82. The molecule has 112 valence electrons. The van der Waals surface area contributed by atoms with Gasteiger partial charge in [-0.3, -0.25) is 4.99 Å². The van der Waals surface area contributed by atoms with Crippen molar-refractivity contribution < 1.29 is 4.74 Å². The van der Waals surface area contributed by atoms with Gasteiger partial charge in [-0.25, -0.2) is 0 Å². The fourth-order valence-electron chi connectivity index (χ4n) is 2.12. The molecule has 1 aliphatic heterocycles. The standard InChI is InChI=1S/C15H25N3OS/c1-4-16-14(17-10-15(2)11-19-12-15)18(3)8-7-13-6-5-9-20-13/h5-6,9H,4,7-8,10-12H2,1-3H3,(H,16,17). The number of likely N-dealkylation sites (N-methyl/N-ethyl adjacent to an activating group) is 1. The Kier molecular flexibility index (Phi) is 5.43. The van der Waals surface area contributed by atoms with E-state index in [-0.39, 0.29) is 5.41 Å². The van der Waals surface area contributed by atoms with Gasteiger partial charge in [0.2, 0.25) is 0 Å². The van der Waals surface area contributed by atoms with Crippen molar-refractivity contribution in [3.8, 4) is 0 Å². The zero-order valence-corrected chi connectivity index (χ0v) is 13.5. The molecule has 0 atom stereocenters. The Hall–Kier alpha value is -1.07. The molecule has 1 saturated heterocycles. The highest BCUT2D eigenvalue weighted by atomic mass is 32.1. The van der Waals surface area contributed by atoms with Crippen LogP contribution in [0.5, 0.6) is 0 Å². The summed E-state index contributed by atoms with van der Waals surface area (Å²) in [5.74, 6) is 0.997. The summed E-state index contributed by atoms with van der Waals surface area (Å²) in [4.78, 5) is 8.40. The van der Waals surface area contributed by atoms with Crippen molar-refractivity contribution in [2.45, 2.75) is 20.3 Å². The molecule has 20 heavy (non-hydrogen) atoms. The highest BCUT2D eigenvalue weighted by molar-refractivity contribution is 7.09. The minimum absolute atomic E-state index is 0.231. The number of rotatable bonds is 6. The lowest BCUT2D eigenvalue weighted by Gasteiger charge is -2.37. The molecule has 0 spiro atoms. The van der Waals surface area contributed by atoms with Gasteiger partial charge in [0, 0.05) is 30.4 Å². The highest BCUT2D eigenvalue weighted by Crippen LogP contribution is 2.26. The van der Waals surface area contributed by atoms with E-state index in [9.17, 15) is 0 Å². The number of nitrogens with zero attached hydrogens (tertiary/aromatic N) is 2. The smallest absolute Gasteiger partial charge is 0.193 e. The number of thiophene rings is 1. The van der Waals surface area contributed by atoms with Crippen molar-refractivity contribution in [3.63, 3.8) is 0 Å². The van der Waals surface area contributed by atoms with Crippen LogP contribution in [0.4, 0.5) is 0 Å². The maximum atomic E-state index is 5.29. The maximum absolute atomic E-state index is 5.29. The van der Waals surface area contributed by atoms with Crippen molar-refractivity contribution in [2.24, 2.45) is 10.4 Å². The molecule has 1 aromatic rings. The molecule has 4 nitrogen and oxygen atoms in total. The predicted octanol–water partition coefficient (Wildman–Crippen LogP) is 2.22. The molecule has 1 fully saturated rings. The molecule has 1 N–H and O–H groups in total. The fourth-order valence-corrected chi connectivity index (χ4v) is 2.81. The first-order valence-corrected chi connectivity index (χ1v) is 8.10. The van der Waals surface area contributed by atoms with Crippen LogP contribution >= 0.6 is 11.3 Å². The third-order valence-corrected chi connectivity index (χ3v) is 4.42. The summed E-state index contributed by atoms with van der Waals surface area (Å²) in [6.07, 6.45) is 1.07. The monoisotopic (exact) mass is 295 g/mol. The molecule has 0 aromatic carbocycles. The number of hydrogen-bond donors (Lipinski definition) is 1. The number of hydrogen-bond acceptors (Lipinski definition) is 3. The number of ether oxygens (including phenoxy) is 1. The highest BCUT2D eigenvalue weighted by Gasteiger charge is 2.33. The van der Waals surface area contributed by atoms with Crippen LogP contribution in [0.25, 0.3) is 0 Å². The second kappa shape index (κ2) is 7.09. The molecule has 0 saturated carbocycles. The van der Waals surface area contributed by atoms with E-state index in [1.807, 2.05) is 11.3 Å². The first-order chi connectivity index (χ1) is 9.63. The van der Waals surface area contributed by atoms with Gasteiger partial charge < -0.3 is 15.0 Å². The Morgan fingerprint density at radius 2 is 2.35 bits per heavy atom. The van der Waals surface area contributed by atoms with Crippen molar-refractivity contribution in [1.82, 2.24) is 10.2 Å². The van der Waals surface area contributed by atoms with Crippen LogP contribution in [0, 0.1) is 5.41 Å². The number of nitrogens with one attached hydrogen (secondary N) is 1. The number of guanidine groups is 1. The van der Waals surface area contributed by atoms with E-state index in [0.717, 1.165) is 45.2 Å². The maximum Gasteiger partial charge on any atom is 0.193 e. The second-order valence-corrected chi connectivity index (χ2v) is 6.76. The van der Waals surface area contributed by atoms with E-state index in [4.69, 9.17) is 9.73 Å². The van der Waals surface area contributed by atoms with E-state index in [1.165, 1.54) is 4.88 Å². The Morgan fingerprint density at radius 3 is 2.90 bits per heavy atom. The third kappa shape index (κ3) is 4.21. The molecule has 0 aliphatic carbocycles. The largest absolute Gasteiger partial charge is 0.380 e. The average Bonchev–Trinajstić information content (AvgIpc) is 2.92. The Balaban J connectivity index is 1.87. The number of aliphatic imine (C=N–C) groups is 1. The van der Waals surface area contributed by atoms with E-state index in [1.54, 1.807) is 0 Å². The first-order valence-electron chi connectivity index (χ1n) is 7.22. The van der Waals surface area contributed by atoms with Crippen LogP contribution in [0.15, 0.2) is 22.5 Å². The minimum atomic E-state index is 0.231. The Labute approximate surface area is 125 Å². The normalized spacial score (nSPS) is 17.6. The van der Waals surface area contributed by atoms with Crippen LogP contribution in [-0.2, 0) is 11.2 Å². The van der Waals surface area contributed by atoms with Gasteiger partial charge in [0.25, 0.3) is 0 Å². The average molecular weight is 295 g/mol. The lowest BCUT2D eigenvalue weighted by Crippen LogP contribution is -2.45. The van der Waals surface area contributed by atoms with E-state index in [0.29, 0.717) is 0 Å². The van der Waals surface area contributed by atoms with E-state index in [2.05, 4.69) is 48.6 Å². The van der Waals surface area contributed by atoms with Crippen molar-refractivity contribution >= 4 is 17.3 Å². The molecule has 0 unspecified atom stereocenters. The SMILES string of the molecule is CCNC(=NCC1(C)COC1)N(C)CCc1cccs1. The molecule has 2 rings (SSSR count). The van der Waals surface area contributed by atoms with Gasteiger partial charge in [-0.15, -0.1) is 11.3 Å². The van der Waals surface area contributed by atoms with Crippen molar-refractivity contribution in [2.75, 3.05) is 39.9 Å². The molecule has 2 heterocycles. The van der Waals surface area contributed by atoms with Crippen molar-refractivity contribution in [1.29, 1.82) is 0 Å². The molecule has 0 amide bonds. The summed E-state index contributed by atoms with van der Waals surface area (Å²) in [6, 6.07) is 4.30. The van der Waals surface area contributed by atoms with Crippen LogP contribution in [0.2, 0.25) is 0 Å². The Bertz CT molecular complexity index is 426. The lowest BCUT2D eigenvalue weighted by atomic mass is 9.89. The van der Waals surface area contributed by atoms with E-state index < -0.39 is 0 Å². The molecule has 5 heteroatoms. The summed E-state index contributed by atoms with van der Waals surface area (Å²) < 4.78 is 5.29. The van der Waals surface area contributed by atoms with Crippen molar-refractivity contribution in [3.05, 3.63) is 22.4 Å². The second-order valence-electron chi connectivity index (χ2n) is 5.72. The van der Waals surface area contributed by atoms with Gasteiger partial charge >= 0.3 is 0 Å². The van der Waals surface area contributed by atoms with Gasteiger partial charge in [0.15, 0.2) is 5.96 Å². The van der Waals surface area contributed by atoms with Crippen LogP contribution < -0.4 is 5.32 Å². The molecule has 1 aliphatic rings. The third-order valence-electron chi connectivity index (χ3n) is 3.48. The van der Waals surface area contributed by atoms with Crippen LogP contribution in [0.3, 0.4) is 0 Å². The molecule has 0 radical (unpaired) electrons. The lowest BCUT2D eigenvalue weighted by molar-refractivity contribution is -0.0945. The topological polar surface area (TPSA) is 36.9 Å². The molecule has 0 bridgehead atoms. The fraction of sp³-hybridized carbons (Fsp3) is 0.667. The van der Waals surface area contributed by atoms with Crippen LogP contribution in [-0.4, -0.2) is 50.8 Å². The quantitative estimate of drug-likeness (QED) is 0.646. The van der Waals surface area contributed by atoms with Gasteiger partial charge in [0.05, 0.1) is 19.8 Å². The van der Waals surface area contributed by atoms with Gasteiger partial charge in [-0.1, -0.05) is 13.0 Å². The van der Waals surface area contributed by atoms with Gasteiger partial charge in [-0.2, -0.15) is 0 Å². The summed E-state index contributed by atoms with van der Waals surface area (Å²) in [5.41, 5.74) is 0.231. The molecule has 1 aromatic heterocycles. The van der Waals surface area contributed by atoms with Gasteiger partial charge in [-0.05, 0) is 24.8 Å². The zero-order valence-electron chi connectivity index (χ0n) is 12.7. The Morgan fingerprint density at radius 1 is 1.55 bits per heavy atom. The summed E-state index contributed by atoms with van der Waals surface area (Å²) in [5, 5.41) is 5.50.